The maximum atomic E-state index is 12.5. The predicted octanol–water partition coefficient (Wildman–Crippen LogP) is 3.00. The lowest BCUT2D eigenvalue weighted by atomic mass is 10.2. The van der Waals surface area contributed by atoms with E-state index >= 15 is 0 Å². The minimum absolute atomic E-state index is 0.0187. The molecule has 0 radical (unpaired) electrons. The molecule has 3 rings (SSSR count). The van der Waals surface area contributed by atoms with Crippen molar-refractivity contribution in [2.45, 2.75) is 20.1 Å². The number of hydrogen-bond acceptors (Lipinski definition) is 3. The Morgan fingerprint density at radius 1 is 1.05 bits per heavy atom. The van der Waals surface area contributed by atoms with Crippen LogP contribution in [0.15, 0.2) is 59.4 Å². The first-order valence-electron chi connectivity index (χ1n) is 6.96. The summed E-state index contributed by atoms with van der Waals surface area (Å²) < 4.78 is 7.37. The highest BCUT2D eigenvalue weighted by molar-refractivity contribution is 5.77. The van der Waals surface area contributed by atoms with Crippen LogP contribution in [0.1, 0.15) is 12.7 Å². The fourth-order valence-corrected chi connectivity index (χ4v) is 2.31. The van der Waals surface area contributed by atoms with Crippen LogP contribution in [-0.4, -0.2) is 9.55 Å². The van der Waals surface area contributed by atoms with Crippen LogP contribution in [-0.2, 0) is 13.2 Å². The van der Waals surface area contributed by atoms with Gasteiger partial charge in [-0.25, -0.2) is 4.98 Å². The third kappa shape index (κ3) is 2.65. The summed E-state index contributed by atoms with van der Waals surface area (Å²) in [5.74, 6) is 1.41. The second kappa shape index (κ2) is 5.79. The third-order valence-electron chi connectivity index (χ3n) is 3.37. The zero-order chi connectivity index (χ0) is 14.7. The molecule has 4 nitrogen and oxygen atoms in total. The van der Waals surface area contributed by atoms with Gasteiger partial charge in [0.1, 0.15) is 18.2 Å². The van der Waals surface area contributed by atoms with E-state index in [-0.39, 0.29) is 12.2 Å². The summed E-state index contributed by atoms with van der Waals surface area (Å²) in [6, 6.07) is 16.9. The number of ether oxygens (including phenoxy) is 1. The van der Waals surface area contributed by atoms with Gasteiger partial charge in [0, 0.05) is 6.54 Å². The van der Waals surface area contributed by atoms with Crippen LogP contribution in [0.25, 0.3) is 10.9 Å². The molecule has 0 N–H and O–H groups in total. The van der Waals surface area contributed by atoms with E-state index in [4.69, 9.17) is 4.74 Å². The number of aromatic nitrogens is 2. The molecule has 3 aromatic rings. The largest absolute Gasteiger partial charge is 0.486 e. The maximum absolute atomic E-state index is 12.5. The standard InChI is InChI=1S/C17H16N2O2/c1-2-19-16(12-21-13-8-4-3-5-9-13)18-15-11-7-6-10-14(15)17(19)20/h3-11H,2,12H2,1H3. The van der Waals surface area contributed by atoms with E-state index in [9.17, 15) is 4.79 Å². The van der Waals surface area contributed by atoms with Crippen LogP contribution in [0.4, 0.5) is 0 Å². The van der Waals surface area contributed by atoms with Gasteiger partial charge < -0.3 is 4.74 Å². The molecule has 21 heavy (non-hydrogen) atoms. The van der Waals surface area contributed by atoms with Crippen molar-refractivity contribution in [2.24, 2.45) is 0 Å². The number of benzene rings is 2. The van der Waals surface area contributed by atoms with Gasteiger partial charge in [-0.05, 0) is 31.2 Å². The van der Waals surface area contributed by atoms with E-state index in [1.54, 1.807) is 10.6 Å². The summed E-state index contributed by atoms with van der Waals surface area (Å²) in [6.45, 7) is 2.78. The molecule has 0 fully saturated rings. The maximum Gasteiger partial charge on any atom is 0.261 e. The number of hydrogen-bond donors (Lipinski definition) is 0. The Balaban J connectivity index is 1.99. The third-order valence-corrected chi connectivity index (χ3v) is 3.37. The molecule has 0 spiro atoms. The predicted molar refractivity (Wildman–Crippen MR) is 82.5 cm³/mol. The van der Waals surface area contributed by atoms with Gasteiger partial charge in [-0.2, -0.15) is 0 Å². The van der Waals surface area contributed by atoms with Gasteiger partial charge in [-0.1, -0.05) is 30.3 Å². The van der Waals surface area contributed by atoms with Crippen LogP contribution in [0.2, 0.25) is 0 Å². The lowest BCUT2D eigenvalue weighted by Gasteiger charge is -2.12. The molecule has 0 unspecified atom stereocenters. The second-order valence-corrected chi connectivity index (χ2v) is 4.70. The fourth-order valence-electron chi connectivity index (χ4n) is 2.31. The number of nitrogens with zero attached hydrogens (tertiary/aromatic N) is 2. The molecule has 4 heteroatoms. The molecule has 0 atom stereocenters. The number of para-hydroxylation sites is 2. The van der Waals surface area contributed by atoms with Gasteiger partial charge in [0.05, 0.1) is 10.9 Å². The van der Waals surface area contributed by atoms with E-state index in [1.165, 1.54) is 0 Å². The van der Waals surface area contributed by atoms with E-state index in [2.05, 4.69) is 4.98 Å². The molecule has 0 aliphatic rings. The summed E-state index contributed by atoms with van der Waals surface area (Å²) in [5, 5.41) is 0.641. The minimum Gasteiger partial charge on any atom is -0.486 e. The van der Waals surface area contributed by atoms with Crippen molar-refractivity contribution >= 4 is 10.9 Å². The van der Waals surface area contributed by atoms with Crippen molar-refractivity contribution in [1.29, 1.82) is 0 Å². The van der Waals surface area contributed by atoms with E-state index < -0.39 is 0 Å². The first kappa shape index (κ1) is 13.4. The summed E-state index contributed by atoms with van der Waals surface area (Å²) in [6.07, 6.45) is 0. The van der Waals surface area contributed by atoms with E-state index in [0.717, 1.165) is 5.75 Å². The molecule has 0 aliphatic carbocycles. The summed E-state index contributed by atoms with van der Waals surface area (Å²) in [7, 11) is 0. The van der Waals surface area contributed by atoms with Crippen LogP contribution < -0.4 is 10.3 Å². The molecule has 0 saturated heterocycles. The molecule has 0 saturated carbocycles. The van der Waals surface area contributed by atoms with E-state index in [1.807, 2.05) is 55.5 Å². The van der Waals surface area contributed by atoms with Crippen molar-refractivity contribution in [3.05, 3.63) is 70.8 Å². The monoisotopic (exact) mass is 280 g/mol. The second-order valence-electron chi connectivity index (χ2n) is 4.70. The van der Waals surface area contributed by atoms with E-state index in [0.29, 0.717) is 23.3 Å². The average Bonchev–Trinajstić information content (AvgIpc) is 2.54. The van der Waals surface area contributed by atoms with Crippen molar-refractivity contribution in [3.8, 4) is 5.75 Å². The Bertz CT molecular complexity index is 810. The van der Waals surface area contributed by atoms with Gasteiger partial charge in [-0.3, -0.25) is 9.36 Å². The highest BCUT2D eigenvalue weighted by atomic mass is 16.5. The minimum atomic E-state index is -0.0187. The van der Waals surface area contributed by atoms with Crippen molar-refractivity contribution < 1.29 is 4.74 Å². The molecular weight excluding hydrogens is 264 g/mol. The molecule has 0 amide bonds. The zero-order valence-electron chi connectivity index (χ0n) is 11.8. The first-order chi connectivity index (χ1) is 10.3. The van der Waals surface area contributed by atoms with Crippen molar-refractivity contribution in [3.63, 3.8) is 0 Å². The topological polar surface area (TPSA) is 44.1 Å². The molecule has 1 heterocycles. The molecule has 0 bridgehead atoms. The summed E-state index contributed by atoms with van der Waals surface area (Å²) >= 11 is 0. The van der Waals surface area contributed by atoms with Gasteiger partial charge in [0.15, 0.2) is 0 Å². The van der Waals surface area contributed by atoms with Gasteiger partial charge in [0.25, 0.3) is 5.56 Å². The highest BCUT2D eigenvalue weighted by Gasteiger charge is 2.09. The van der Waals surface area contributed by atoms with Crippen molar-refractivity contribution in [2.75, 3.05) is 0 Å². The van der Waals surface area contributed by atoms with Gasteiger partial charge >= 0.3 is 0 Å². The van der Waals surface area contributed by atoms with Crippen LogP contribution >= 0.6 is 0 Å². The molecule has 1 aromatic heterocycles. The van der Waals surface area contributed by atoms with Gasteiger partial charge in [0.2, 0.25) is 0 Å². The Morgan fingerprint density at radius 3 is 2.52 bits per heavy atom. The first-order valence-corrected chi connectivity index (χ1v) is 6.96. The average molecular weight is 280 g/mol. The quantitative estimate of drug-likeness (QED) is 0.738. The zero-order valence-corrected chi connectivity index (χ0v) is 11.8. The Kier molecular flexibility index (Phi) is 3.69. The normalized spacial score (nSPS) is 10.7. The lowest BCUT2D eigenvalue weighted by molar-refractivity contribution is 0.287. The highest BCUT2D eigenvalue weighted by Crippen LogP contribution is 2.12. The fraction of sp³-hybridized carbons (Fsp3) is 0.176. The molecule has 106 valence electrons. The van der Waals surface area contributed by atoms with Crippen LogP contribution in [0, 0.1) is 0 Å². The Morgan fingerprint density at radius 2 is 1.76 bits per heavy atom. The Labute approximate surface area is 122 Å². The van der Waals surface area contributed by atoms with Gasteiger partial charge in [-0.15, -0.1) is 0 Å². The summed E-state index contributed by atoms with van der Waals surface area (Å²) in [5.41, 5.74) is 0.689. The number of rotatable bonds is 4. The molecule has 2 aromatic carbocycles. The summed E-state index contributed by atoms with van der Waals surface area (Å²) in [4.78, 5) is 17.0. The van der Waals surface area contributed by atoms with Crippen molar-refractivity contribution in [1.82, 2.24) is 9.55 Å². The number of fused-ring (bicyclic) bond motifs is 1. The molecule has 0 aliphatic heterocycles. The van der Waals surface area contributed by atoms with Crippen LogP contribution in [0.3, 0.4) is 0 Å². The van der Waals surface area contributed by atoms with Crippen LogP contribution in [0.5, 0.6) is 5.75 Å². The SMILES string of the molecule is CCn1c(COc2ccccc2)nc2ccccc2c1=O. The smallest absolute Gasteiger partial charge is 0.261 e. The lowest BCUT2D eigenvalue weighted by Crippen LogP contribution is -2.25. The Hall–Kier alpha value is -2.62. The molecular formula is C17H16N2O2.